The van der Waals surface area contributed by atoms with Crippen LogP contribution in [0.15, 0.2) is 23.1 Å². The number of fused-ring (bicyclic) bond motifs is 1. The number of aromatic nitrogens is 3. The molecule has 1 N–H and O–H groups in total. The summed E-state index contributed by atoms with van der Waals surface area (Å²) in [5.74, 6) is 3.81. The van der Waals surface area contributed by atoms with Gasteiger partial charge < -0.3 is 14.6 Å². The molecule has 1 aromatic carbocycles. The molecule has 0 atom stereocenters. The number of benzene rings is 1. The Morgan fingerprint density at radius 2 is 2.04 bits per heavy atom. The molecule has 2 aliphatic heterocycles. The predicted molar refractivity (Wildman–Crippen MR) is 111 cm³/mol. The Balaban J connectivity index is 0.00000210. The summed E-state index contributed by atoms with van der Waals surface area (Å²) in [7, 11) is 1.75. The van der Waals surface area contributed by atoms with Gasteiger partial charge >= 0.3 is 0 Å². The number of likely N-dealkylation sites (tertiary alicyclic amines) is 1. The molecule has 2 aliphatic rings. The highest BCUT2D eigenvalue weighted by atomic mass is 35.5. The Morgan fingerprint density at radius 3 is 2.78 bits per heavy atom. The first-order chi connectivity index (χ1) is 12.8. The number of hydrogen-bond donors (Lipinski definition) is 1. The highest BCUT2D eigenvalue weighted by Crippen LogP contribution is 2.31. The van der Waals surface area contributed by atoms with Crippen LogP contribution in [0.4, 0.5) is 0 Å². The second kappa shape index (κ2) is 9.28. The van der Waals surface area contributed by atoms with Crippen molar-refractivity contribution >= 4 is 24.2 Å². The maximum Gasteiger partial charge on any atom is 0.147 e. The van der Waals surface area contributed by atoms with Crippen LogP contribution in [0.1, 0.15) is 36.0 Å². The van der Waals surface area contributed by atoms with E-state index in [4.69, 9.17) is 4.74 Å². The van der Waals surface area contributed by atoms with Gasteiger partial charge in [0.25, 0.3) is 0 Å². The summed E-state index contributed by atoms with van der Waals surface area (Å²) in [6, 6.07) is 6.57. The van der Waals surface area contributed by atoms with Crippen molar-refractivity contribution in [1.82, 2.24) is 25.0 Å². The Labute approximate surface area is 171 Å². The monoisotopic (exact) mass is 409 g/mol. The van der Waals surface area contributed by atoms with Crippen molar-refractivity contribution in [2.24, 2.45) is 0 Å². The molecule has 0 unspecified atom stereocenters. The lowest BCUT2D eigenvalue weighted by Crippen LogP contribution is -2.34. The second-order valence-corrected chi connectivity index (χ2v) is 7.89. The minimum atomic E-state index is 0. The van der Waals surface area contributed by atoms with Crippen molar-refractivity contribution in [2.75, 3.05) is 33.0 Å². The van der Waals surface area contributed by atoms with Gasteiger partial charge in [-0.15, -0.1) is 34.4 Å². The first kappa shape index (κ1) is 20.5. The SMILES string of the molecule is COc1cc(CN2CCC(c3nnc4n3CCNC4)CC2)ccc1SC.Cl. The number of halogens is 1. The minimum absolute atomic E-state index is 0. The van der Waals surface area contributed by atoms with Crippen LogP contribution in [-0.4, -0.2) is 52.7 Å². The van der Waals surface area contributed by atoms with Gasteiger partial charge in [-0.1, -0.05) is 6.07 Å². The summed E-state index contributed by atoms with van der Waals surface area (Å²) in [5, 5.41) is 12.2. The van der Waals surface area contributed by atoms with Crippen molar-refractivity contribution in [2.45, 2.75) is 43.3 Å². The van der Waals surface area contributed by atoms with Crippen LogP contribution in [0.2, 0.25) is 0 Å². The highest BCUT2D eigenvalue weighted by Gasteiger charge is 2.27. The second-order valence-electron chi connectivity index (χ2n) is 7.04. The summed E-state index contributed by atoms with van der Waals surface area (Å²) in [4.78, 5) is 3.74. The van der Waals surface area contributed by atoms with Crippen LogP contribution in [-0.2, 0) is 19.6 Å². The van der Waals surface area contributed by atoms with Crippen molar-refractivity contribution in [1.29, 1.82) is 0 Å². The van der Waals surface area contributed by atoms with Crippen LogP contribution in [0.5, 0.6) is 5.75 Å². The molecule has 0 radical (unpaired) electrons. The van der Waals surface area contributed by atoms with E-state index >= 15 is 0 Å². The van der Waals surface area contributed by atoms with E-state index in [1.165, 1.54) is 16.3 Å². The molecular formula is C19H28ClN5OS. The molecule has 1 saturated heterocycles. The zero-order valence-electron chi connectivity index (χ0n) is 16.0. The van der Waals surface area contributed by atoms with E-state index in [1.807, 2.05) is 0 Å². The Kier molecular flexibility index (Phi) is 7.03. The van der Waals surface area contributed by atoms with Crippen molar-refractivity contribution < 1.29 is 4.74 Å². The molecule has 1 fully saturated rings. The molecule has 27 heavy (non-hydrogen) atoms. The van der Waals surface area contributed by atoms with E-state index in [1.54, 1.807) is 18.9 Å². The predicted octanol–water partition coefficient (Wildman–Crippen LogP) is 2.91. The summed E-state index contributed by atoms with van der Waals surface area (Å²) in [6.07, 6.45) is 4.40. The number of hydrogen-bond acceptors (Lipinski definition) is 6. The zero-order chi connectivity index (χ0) is 17.9. The molecular weight excluding hydrogens is 382 g/mol. The average molecular weight is 410 g/mol. The van der Waals surface area contributed by atoms with Crippen LogP contribution >= 0.6 is 24.2 Å². The number of nitrogens with zero attached hydrogens (tertiary/aromatic N) is 4. The van der Waals surface area contributed by atoms with E-state index in [0.717, 1.165) is 63.7 Å². The third-order valence-corrected chi connectivity index (χ3v) is 6.24. The molecule has 0 aliphatic carbocycles. The molecule has 1 aromatic heterocycles. The van der Waals surface area contributed by atoms with Crippen LogP contribution < -0.4 is 10.1 Å². The quantitative estimate of drug-likeness (QED) is 0.766. The van der Waals surface area contributed by atoms with Crippen LogP contribution in [0, 0.1) is 0 Å². The molecule has 0 amide bonds. The molecule has 3 heterocycles. The Morgan fingerprint density at radius 1 is 1.22 bits per heavy atom. The van der Waals surface area contributed by atoms with Gasteiger partial charge in [0.15, 0.2) is 0 Å². The number of nitrogens with one attached hydrogen (secondary N) is 1. The maximum atomic E-state index is 5.52. The van der Waals surface area contributed by atoms with Crippen molar-refractivity contribution in [3.05, 3.63) is 35.4 Å². The molecule has 8 heteroatoms. The zero-order valence-corrected chi connectivity index (χ0v) is 17.6. The van der Waals surface area contributed by atoms with Gasteiger partial charge in [-0.25, -0.2) is 0 Å². The topological polar surface area (TPSA) is 55.2 Å². The minimum Gasteiger partial charge on any atom is -0.496 e. The normalized spacial score (nSPS) is 18.0. The van der Waals surface area contributed by atoms with Gasteiger partial charge in [0.1, 0.15) is 17.4 Å². The largest absolute Gasteiger partial charge is 0.496 e. The van der Waals surface area contributed by atoms with Crippen LogP contribution in [0.3, 0.4) is 0 Å². The van der Waals surface area contributed by atoms with Crippen molar-refractivity contribution in [3.8, 4) is 5.75 Å². The number of methoxy groups -OCH3 is 1. The standard InChI is InChI=1S/C19H27N5OS.ClH/c1-25-16-11-14(3-4-17(16)26-2)13-23-8-5-15(6-9-23)19-22-21-18-12-20-7-10-24(18)19;/h3-4,11,15,20H,5-10,12-13H2,1-2H3;1H. The Bertz CT molecular complexity index is 761. The van der Waals surface area contributed by atoms with E-state index in [9.17, 15) is 0 Å². The smallest absolute Gasteiger partial charge is 0.147 e. The fourth-order valence-electron chi connectivity index (χ4n) is 4.00. The molecule has 2 aromatic rings. The Hall–Kier alpha value is -1.28. The fourth-order valence-corrected chi connectivity index (χ4v) is 4.55. The summed E-state index contributed by atoms with van der Waals surface area (Å²) >= 11 is 1.73. The van der Waals surface area contributed by atoms with Gasteiger partial charge in [-0.2, -0.15) is 0 Å². The molecule has 0 bridgehead atoms. The lowest BCUT2D eigenvalue weighted by atomic mass is 9.95. The maximum absolute atomic E-state index is 5.52. The van der Waals surface area contributed by atoms with Gasteiger partial charge in [0.05, 0.1) is 13.7 Å². The molecule has 6 nitrogen and oxygen atoms in total. The summed E-state index contributed by atoms with van der Waals surface area (Å²) in [6.45, 7) is 6.07. The summed E-state index contributed by atoms with van der Waals surface area (Å²) in [5.41, 5.74) is 1.32. The van der Waals surface area contributed by atoms with Gasteiger partial charge in [-0.05, 0) is 49.9 Å². The third-order valence-electron chi connectivity index (χ3n) is 5.46. The van der Waals surface area contributed by atoms with Gasteiger partial charge in [-0.3, -0.25) is 4.90 Å². The lowest BCUT2D eigenvalue weighted by molar-refractivity contribution is 0.199. The van der Waals surface area contributed by atoms with Crippen LogP contribution in [0.25, 0.3) is 0 Å². The fraction of sp³-hybridized carbons (Fsp3) is 0.579. The summed E-state index contributed by atoms with van der Waals surface area (Å²) < 4.78 is 7.86. The first-order valence-electron chi connectivity index (χ1n) is 9.34. The number of ether oxygens (including phenoxy) is 1. The lowest BCUT2D eigenvalue weighted by Gasteiger charge is -2.32. The third kappa shape index (κ3) is 4.42. The van der Waals surface area contributed by atoms with E-state index in [0.29, 0.717) is 5.92 Å². The van der Waals surface area contributed by atoms with E-state index in [-0.39, 0.29) is 12.4 Å². The number of piperidine rings is 1. The van der Waals surface area contributed by atoms with E-state index in [2.05, 4.69) is 49.4 Å². The van der Waals surface area contributed by atoms with Gasteiger partial charge in [0.2, 0.25) is 0 Å². The van der Waals surface area contributed by atoms with E-state index < -0.39 is 0 Å². The molecule has 0 saturated carbocycles. The van der Waals surface area contributed by atoms with Crippen molar-refractivity contribution in [3.63, 3.8) is 0 Å². The number of rotatable bonds is 5. The van der Waals surface area contributed by atoms with Gasteiger partial charge in [0, 0.05) is 30.4 Å². The molecule has 148 valence electrons. The molecule has 0 spiro atoms. The first-order valence-corrected chi connectivity index (χ1v) is 10.6. The molecule has 4 rings (SSSR count). The average Bonchev–Trinajstić information content (AvgIpc) is 3.12. The number of thioether (sulfide) groups is 1. The highest BCUT2D eigenvalue weighted by molar-refractivity contribution is 7.98.